The maximum absolute atomic E-state index is 12.2. The van der Waals surface area contributed by atoms with Crippen LogP contribution in [-0.4, -0.2) is 20.9 Å². The Balaban J connectivity index is 0.000000309. The van der Waals surface area contributed by atoms with Gasteiger partial charge in [-0.1, -0.05) is 130 Å². The fraction of sp³-hybridized carbons (Fsp3) is 0.438. The van der Waals surface area contributed by atoms with Crippen LogP contribution in [0.15, 0.2) is 76.9 Å². The molecule has 0 bridgehead atoms. The summed E-state index contributed by atoms with van der Waals surface area (Å²) in [7, 11) is 0. The van der Waals surface area contributed by atoms with E-state index in [2.05, 4.69) is 101 Å². The first kappa shape index (κ1) is 42.9. The van der Waals surface area contributed by atoms with Gasteiger partial charge in [0.2, 0.25) is 5.71 Å². The van der Waals surface area contributed by atoms with Crippen LogP contribution >= 0.6 is 0 Å². The van der Waals surface area contributed by atoms with E-state index in [9.17, 15) is 9.90 Å². The van der Waals surface area contributed by atoms with Crippen molar-refractivity contribution in [2.45, 2.75) is 121 Å². The van der Waals surface area contributed by atoms with E-state index < -0.39 is 0 Å². The summed E-state index contributed by atoms with van der Waals surface area (Å²) >= 11 is 0. The average Bonchev–Trinajstić information content (AvgIpc) is 3.51. The fourth-order valence-corrected chi connectivity index (χ4v) is 7.14. The number of aromatic nitrogens is 2. The minimum Gasteiger partial charge on any atom is -0.512 e. The summed E-state index contributed by atoms with van der Waals surface area (Å²) in [5, 5.41) is 16.9. The number of rotatable bonds is 10. The van der Waals surface area contributed by atoms with Crippen molar-refractivity contribution < 1.29 is 34.4 Å². The van der Waals surface area contributed by atoms with Gasteiger partial charge in [-0.05, 0) is 67.4 Å². The number of fused-ring (bicyclic) bond motifs is 6. The Morgan fingerprint density at radius 3 is 1.96 bits per heavy atom. The van der Waals surface area contributed by atoms with Crippen molar-refractivity contribution in [2.75, 3.05) is 0 Å². The topological polar surface area (TPSA) is 76.2 Å². The van der Waals surface area contributed by atoms with E-state index in [4.69, 9.17) is 14.4 Å². The molecule has 0 aliphatic carbocycles. The molecule has 0 spiro atoms. The van der Waals surface area contributed by atoms with E-state index in [1.807, 2.05) is 48.5 Å². The number of aliphatic hydroxyl groups excluding tert-OH is 1. The van der Waals surface area contributed by atoms with Crippen LogP contribution in [-0.2, 0) is 36.7 Å². The number of benzene rings is 4. The maximum Gasteiger partial charge on any atom is 0.223 e. The van der Waals surface area contributed by atoms with Gasteiger partial charge in [-0.2, -0.15) is 4.98 Å². The quantitative estimate of drug-likeness (QED) is 0.0842. The third-order valence-corrected chi connectivity index (χ3v) is 11.6. The molecular formula is C48H59IrN2O3-. The Labute approximate surface area is 336 Å². The molecule has 2 aromatic heterocycles. The molecule has 6 rings (SSSR count). The van der Waals surface area contributed by atoms with Crippen LogP contribution in [0.4, 0.5) is 0 Å². The van der Waals surface area contributed by atoms with Gasteiger partial charge in [0.05, 0.1) is 0 Å². The number of furan rings is 1. The van der Waals surface area contributed by atoms with Crippen LogP contribution in [0, 0.1) is 29.7 Å². The summed E-state index contributed by atoms with van der Waals surface area (Å²) in [5.74, 6) is 1.53. The molecule has 4 aromatic carbocycles. The first-order chi connectivity index (χ1) is 25.0. The zero-order valence-corrected chi connectivity index (χ0v) is 36.9. The van der Waals surface area contributed by atoms with Crippen molar-refractivity contribution in [3.8, 4) is 11.3 Å². The van der Waals surface area contributed by atoms with E-state index in [0.29, 0.717) is 17.5 Å². The van der Waals surface area contributed by atoms with E-state index in [1.165, 1.54) is 28.0 Å². The summed E-state index contributed by atoms with van der Waals surface area (Å²) in [4.78, 5) is 21.9. The standard InChI is InChI=1S/C33H31N2O.C15H28O2.Ir/c1-19(2)15-22-17-27-29-30(23-16-21-11-7-8-13-25(21)28(18-23)33(4,5)6)34-20(3)35-32(29)36-31(27)26-14-10-9-12-24(22)26;1-7-14(5,8-2)12(16)11-13(17)15(6,9-3)10-4;/h7-14,17-19H,15H2,1-6H3;11,16H,7-10H2,1-6H3;/q-1;;/b;12-11-;. The molecule has 54 heavy (non-hydrogen) atoms. The second-order valence-corrected chi connectivity index (χ2v) is 16.8. The minimum absolute atomic E-state index is 0. The van der Waals surface area contributed by atoms with Crippen molar-refractivity contribution in [3.63, 3.8) is 0 Å². The van der Waals surface area contributed by atoms with Crippen LogP contribution in [0.5, 0.6) is 0 Å². The smallest absolute Gasteiger partial charge is 0.223 e. The molecule has 6 heteroatoms. The average molecular weight is 904 g/mol. The van der Waals surface area contributed by atoms with E-state index in [-0.39, 0.29) is 47.9 Å². The van der Waals surface area contributed by atoms with Crippen molar-refractivity contribution in [1.82, 2.24) is 9.97 Å². The SMILES string of the molecule is CCC(C)(CC)C(=O)/C=C(\O)C(C)(CC)CC.Cc1nc(-c2[c-]c3ccccc3c(C(C)(C)C)c2)c2c(n1)oc1c3ccccc3c(CC(C)C)cc12.[Ir]. The zero-order valence-electron chi connectivity index (χ0n) is 34.5. The summed E-state index contributed by atoms with van der Waals surface area (Å²) in [6, 6.07) is 25.3. The molecule has 5 nitrogen and oxygen atoms in total. The Hall–Kier alpha value is -3.86. The number of carbonyl (C=O) groups is 1. The van der Waals surface area contributed by atoms with Crippen LogP contribution in [0.1, 0.15) is 119 Å². The van der Waals surface area contributed by atoms with Crippen molar-refractivity contribution in [3.05, 3.63) is 95.5 Å². The molecule has 289 valence electrons. The Kier molecular flexibility index (Phi) is 13.4. The Morgan fingerprint density at radius 1 is 0.815 bits per heavy atom. The number of hydrogen-bond acceptors (Lipinski definition) is 5. The van der Waals surface area contributed by atoms with E-state index >= 15 is 0 Å². The van der Waals surface area contributed by atoms with Gasteiger partial charge in [-0.15, -0.1) is 29.1 Å². The minimum atomic E-state index is -0.337. The third kappa shape index (κ3) is 8.51. The predicted octanol–water partition coefficient (Wildman–Crippen LogP) is 13.6. The van der Waals surface area contributed by atoms with Gasteiger partial charge in [-0.25, -0.2) is 0 Å². The van der Waals surface area contributed by atoms with Crippen LogP contribution in [0.3, 0.4) is 0 Å². The third-order valence-electron chi connectivity index (χ3n) is 11.6. The number of aryl methyl sites for hydroxylation is 1. The molecule has 2 heterocycles. The normalized spacial score (nSPS) is 12.7. The van der Waals surface area contributed by atoms with Gasteiger partial charge in [0, 0.05) is 58.9 Å². The molecule has 0 aliphatic rings. The van der Waals surface area contributed by atoms with Crippen molar-refractivity contribution in [1.29, 1.82) is 0 Å². The monoisotopic (exact) mass is 904 g/mol. The molecule has 0 fully saturated rings. The van der Waals surface area contributed by atoms with Gasteiger partial charge in [-0.3, -0.25) is 9.78 Å². The number of carbonyl (C=O) groups excluding carboxylic acids is 1. The van der Waals surface area contributed by atoms with Gasteiger partial charge in [0.1, 0.15) is 17.2 Å². The molecule has 1 radical (unpaired) electrons. The number of nitrogens with zero attached hydrogens (tertiary/aromatic N) is 2. The summed E-state index contributed by atoms with van der Waals surface area (Å²) in [6.45, 7) is 25.3. The van der Waals surface area contributed by atoms with Crippen molar-refractivity contribution in [2.24, 2.45) is 16.7 Å². The van der Waals surface area contributed by atoms with Crippen LogP contribution in [0.25, 0.3) is 54.9 Å². The second-order valence-electron chi connectivity index (χ2n) is 16.8. The fourth-order valence-electron chi connectivity index (χ4n) is 7.14. The van der Waals surface area contributed by atoms with Crippen LogP contribution < -0.4 is 0 Å². The summed E-state index contributed by atoms with van der Waals surface area (Å²) in [5.41, 5.74) is 5.38. The number of aliphatic hydroxyl groups is 1. The van der Waals surface area contributed by atoms with Gasteiger partial charge < -0.3 is 9.52 Å². The van der Waals surface area contributed by atoms with Gasteiger partial charge in [0.25, 0.3) is 0 Å². The largest absolute Gasteiger partial charge is 0.512 e. The maximum atomic E-state index is 12.2. The number of hydrogen-bond donors (Lipinski definition) is 1. The van der Waals surface area contributed by atoms with Crippen LogP contribution in [0.2, 0.25) is 0 Å². The molecule has 1 N–H and O–H groups in total. The molecule has 0 unspecified atom stereocenters. The Bertz CT molecular complexity index is 2300. The summed E-state index contributed by atoms with van der Waals surface area (Å²) in [6.07, 6.45) is 5.76. The molecule has 0 atom stereocenters. The molecule has 0 aliphatic heterocycles. The number of ketones is 1. The summed E-state index contributed by atoms with van der Waals surface area (Å²) < 4.78 is 6.49. The van der Waals surface area contributed by atoms with Crippen molar-refractivity contribution >= 4 is 49.4 Å². The predicted molar refractivity (Wildman–Crippen MR) is 224 cm³/mol. The second kappa shape index (κ2) is 16.9. The van der Waals surface area contributed by atoms with E-state index in [1.54, 1.807) is 0 Å². The van der Waals surface area contributed by atoms with Gasteiger partial charge >= 0.3 is 0 Å². The Morgan fingerprint density at radius 2 is 1.39 bits per heavy atom. The molecule has 0 amide bonds. The number of allylic oxidation sites excluding steroid dienone is 2. The molecule has 0 saturated heterocycles. The van der Waals surface area contributed by atoms with E-state index in [0.717, 1.165) is 70.5 Å². The molecular weight excluding hydrogens is 845 g/mol. The molecule has 6 aromatic rings. The first-order valence-corrected chi connectivity index (χ1v) is 19.5. The van der Waals surface area contributed by atoms with Gasteiger partial charge in [0.15, 0.2) is 5.78 Å². The first-order valence-electron chi connectivity index (χ1n) is 19.5. The molecule has 0 saturated carbocycles. The zero-order chi connectivity index (χ0) is 38.9.